The molecule has 1 unspecified atom stereocenters. The second kappa shape index (κ2) is 14.2. The Balaban J connectivity index is 1.22. The Morgan fingerprint density at radius 3 is 1.81 bits per heavy atom. The first kappa shape index (κ1) is 34.8. The van der Waals surface area contributed by atoms with Crippen LogP contribution < -0.4 is 25.6 Å². The molecule has 0 saturated carbocycles. The van der Waals surface area contributed by atoms with E-state index in [4.69, 9.17) is 4.98 Å². The number of para-hydroxylation sites is 2. The van der Waals surface area contributed by atoms with Crippen LogP contribution in [0.5, 0.6) is 0 Å². The number of anilines is 3. The van der Waals surface area contributed by atoms with Crippen molar-refractivity contribution in [1.29, 1.82) is 0 Å². The molecule has 0 aliphatic carbocycles. The second-order valence-electron chi connectivity index (χ2n) is 15.1. The summed E-state index contributed by atoms with van der Waals surface area (Å²) in [4.78, 5) is 11.9. The number of alkyl halides is 1. The first-order valence-electron chi connectivity index (χ1n) is 20.0. The summed E-state index contributed by atoms with van der Waals surface area (Å²) in [5.41, 5.74) is 8.14. The van der Waals surface area contributed by atoms with Gasteiger partial charge < -0.3 is 4.90 Å². The zero-order chi connectivity index (χ0) is 39.3. The molecule has 1 atom stereocenters. The Kier molecular flexibility index (Phi) is 8.38. The molecule has 59 heavy (non-hydrogen) atoms. The van der Waals surface area contributed by atoms with Crippen LogP contribution in [0.15, 0.2) is 219 Å². The normalized spacial score (nSPS) is 13.5. The smallest absolute Gasteiger partial charge is 0.184 e. The van der Waals surface area contributed by atoms with Crippen molar-refractivity contribution in [2.24, 2.45) is 0 Å². The van der Waals surface area contributed by atoms with Crippen molar-refractivity contribution in [2.45, 2.75) is 6.17 Å². The number of nitrogens with zero attached hydrogens (tertiary/aromatic N) is 4. The van der Waals surface area contributed by atoms with Crippen LogP contribution in [0.1, 0.15) is 17.3 Å². The molecule has 0 radical (unpaired) electrons. The van der Waals surface area contributed by atoms with E-state index in [1.165, 1.54) is 26.4 Å². The van der Waals surface area contributed by atoms with Gasteiger partial charge in [0.2, 0.25) is 0 Å². The molecule has 1 aliphatic heterocycles. The van der Waals surface area contributed by atoms with Gasteiger partial charge in [0.15, 0.2) is 14.2 Å². The molecule has 6 heteroatoms. The van der Waals surface area contributed by atoms with Gasteiger partial charge in [0.25, 0.3) is 0 Å². The molecule has 10 aromatic rings. The zero-order valence-corrected chi connectivity index (χ0v) is 33.0. The van der Waals surface area contributed by atoms with Gasteiger partial charge >= 0.3 is 0 Å². The van der Waals surface area contributed by atoms with Crippen molar-refractivity contribution < 1.29 is 4.39 Å². The van der Waals surface area contributed by atoms with E-state index in [0.29, 0.717) is 11.1 Å². The lowest BCUT2D eigenvalue weighted by Crippen LogP contribution is -2.77. The molecule has 0 fully saturated rings. The average Bonchev–Trinajstić information content (AvgIpc) is 3.64. The molecule has 11 rings (SSSR count). The highest BCUT2D eigenvalue weighted by Crippen LogP contribution is 2.43. The van der Waals surface area contributed by atoms with Crippen molar-refractivity contribution in [3.8, 4) is 17.1 Å². The maximum atomic E-state index is 16.9. The summed E-state index contributed by atoms with van der Waals surface area (Å²) in [6.07, 6.45) is 2.23. The number of aromatic nitrogens is 3. The van der Waals surface area contributed by atoms with Crippen LogP contribution in [0.4, 0.5) is 21.5 Å². The minimum Gasteiger partial charge on any atom is -0.311 e. The van der Waals surface area contributed by atoms with Crippen LogP contribution in [0.2, 0.25) is 0 Å². The number of benzene rings is 7. The van der Waals surface area contributed by atoms with Gasteiger partial charge in [0.1, 0.15) is 5.82 Å². The van der Waals surface area contributed by atoms with Crippen molar-refractivity contribution >= 4 is 67.7 Å². The Morgan fingerprint density at radius 2 is 1.10 bits per heavy atom. The van der Waals surface area contributed by atoms with Gasteiger partial charge in [0.05, 0.1) is 16.7 Å². The van der Waals surface area contributed by atoms with E-state index in [1.54, 1.807) is 6.20 Å². The zero-order valence-electron chi connectivity index (χ0n) is 32.0. The Hall–Kier alpha value is -7.41. The van der Waals surface area contributed by atoms with E-state index in [-0.39, 0.29) is 0 Å². The topological polar surface area (TPSA) is 34.0 Å². The molecule has 0 saturated heterocycles. The summed E-state index contributed by atoms with van der Waals surface area (Å²) in [5, 5.41) is 7.40. The van der Waals surface area contributed by atoms with E-state index in [0.717, 1.165) is 50.3 Å². The number of pyridine rings is 2. The van der Waals surface area contributed by atoms with Crippen LogP contribution >= 0.6 is 0 Å². The quantitative estimate of drug-likeness (QED) is 0.151. The highest BCUT2D eigenvalue weighted by atomic mass is 28.3. The van der Waals surface area contributed by atoms with E-state index in [9.17, 15) is 0 Å². The van der Waals surface area contributed by atoms with Crippen molar-refractivity contribution in [3.05, 3.63) is 230 Å². The average molecular weight is 777 g/mol. The molecule has 7 aromatic carbocycles. The highest BCUT2D eigenvalue weighted by Gasteiger charge is 2.49. The maximum absolute atomic E-state index is 16.9. The first-order chi connectivity index (χ1) is 29.2. The molecule has 1 aliphatic rings. The van der Waals surface area contributed by atoms with E-state index >= 15 is 4.39 Å². The van der Waals surface area contributed by atoms with Crippen LogP contribution in [-0.2, 0) is 0 Å². The fourth-order valence-corrected chi connectivity index (χ4v) is 14.4. The number of rotatable bonds is 7. The van der Waals surface area contributed by atoms with Crippen LogP contribution in [0.25, 0.3) is 38.9 Å². The standard InChI is InChI=1S/C53H37FN4Si/c54-53(38-18-16-17-37(33-38)45-25-12-14-31-55-45)39-29-30-43-44-35-51-49(36-48(44)58(47(43)34-39)52-28-13-15-32-56-52)57(40-19-4-1-5-20-40)46-26-10-11-27-50(46)59(51,41-21-6-2-7-22-41)42-23-8-3-9-24-42/h1-36,53H. The van der Waals surface area contributed by atoms with Crippen LogP contribution in [0.3, 0.4) is 0 Å². The van der Waals surface area contributed by atoms with Crippen molar-refractivity contribution in [2.75, 3.05) is 4.90 Å². The van der Waals surface area contributed by atoms with Gasteiger partial charge in [-0.1, -0.05) is 140 Å². The number of fused-ring (bicyclic) bond motifs is 5. The number of hydrogen-bond acceptors (Lipinski definition) is 3. The summed E-state index contributed by atoms with van der Waals surface area (Å²) in [6, 6.07) is 72.1. The van der Waals surface area contributed by atoms with E-state index < -0.39 is 14.2 Å². The van der Waals surface area contributed by atoms with Gasteiger partial charge in [-0.2, -0.15) is 0 Å². The number of hydrogen-bond donors (Lipinski definition) is 0. The molecule has 0 bridgehead atoms. The van der Waals surface area contributed by atoms with E-state index in [2.05, 4.69) is 148 Å². The van der Waals surface area contributed by atoms with Gasteiger partial charge in [-0.3, -0.25) is 9.55 Å². The predicted molar refractivity (Wildman–Crippen MR) is 243 cm³/mol. The van der Waals surface area contributed by atoms with Gasteiger partial charge in [-0.15, -0.1) is 0 Å². The minimum absolute atomic E-state index is 0.580. The van der Waals surface area contributed by atoms with Crippen LogP contribution in [-0.4, -0.2) is 22.6 Å². The third-order valence-corrected chi connectivity index (χ3v) is 16.7. The molecule has 0 spiro atoms. The minimum atomic E-state index is -2.96. The summed E-state index contributed by atoms with van der Waals surface area (Å²) < 4.78 is 19.2. The summed E-state index contributed by atoms with van der Waals surface area (Å²) >= 11 is 0. The molecule has 4 heterocycles. The van der Waals surface area contributed by atoms with Crippen LogP contribution in [0, 0.1) is 0 Å². The third-order valence-electron chi connectivity index (χ3n) is 11.8. The van der Waals surface area contributed by atoms with Crippen molar-refractivity contribution in [3.63, 3.8) is 0 Å². The molecule has 3 aromatic heterocycles. The number of halogens is 1. The second-order valence-corrected chi connectivity index (χ2v) is 18.8. The third kappa shape index (κ3) is 5.56. The fourth-order valence-electron chi connectivity index (χ4n) is 9.31. The van der Waals surface area contributed by atoms with E-state index in [1.807, 2.05) is 79.0 Å². The molecule has 0 amide bonds. The lowest BCUT2D eigenvalue weighted by Gasteiger charge is -2.45. The first-order valence-corrected chi connectivity index (χ1v) is 22.0. The predicted octanol–water partition coefficient (Wildman–Crippen LogP) is 10.5. The molecule has 0 N–H and O–H groups in total. The summed E-state index contributed by atoms with van der Waals surface area (Å²) in [5.74, 6) is 0.772. The molecular formula is C53H37FN4Si. The Labute approximate surface area is 343 Å². The lowest BCUT2D eigenvalue weighted by molar-refractivity contribution is 0.402. The monoisotopic (exact) mass is 776 g/mol. The SMILES string of the molecule is FC(c1cccc(-c2ccccn2)c1)c1ccc2c3cc4c(cc3n(-c3ccccn3)c2c1)N(c1ccccc1)c1ccccc1[Si]4(c1ccccc1)c1ccccc1. The van der Waals surface area contributed by atoms with Gasteiger partial charge in [-0.25, -0.2) is 9.37 Å². The molecular weight excluding hydrogens is 740 g/mol. The summed E-state index contributed by atoms with van der Waals surface area (Å²) in [7, 11) is -2.96. The highest BCUT2D eigenvalue weighted by molar-refractivity contribution is 7.21. The maximum Gasteiger partial charge on any atom is 0.184 e. The lowest BCUT2D eigenvalue weighted by atomic mass is 9.98. The molecule has 280 valence electrons. The fraction of sp³-hybridized carbons (Fsp3) is 0.0189. The molecule has 4 nitrogen and oxygen atoms in total. The van der Waals surface area contributed by atoms with Gasteiger partial charge in [-0.05, 0) is 98.6 Å². The van der Waals surface area contributed by atoms with Crippen molar-refractivity contribution in [1.82, 2.24) is 14.5 Å². The van der Waals surface area contributed by atoms with Gasteiger partial charge in [0, 0.05) is 45.8 Å². The Morgan fingerprint density at radius 1 is 0.458 bits per heavy atom. The largest absolute Gasteiger partial charge is 0.311 e. The summed E-state index contributed by atoms with van der Waals surface area (Å²) in [6.45, 7) is 0. The Bertz CT molecular complexity index is 3080.